The molecule has 0 fully saturated rings. The molecule has 0 spiro atoms. The number of hydrogen-bond donors (Lipinski definition) is 0. The van der Waals surface area contributed by atoms with Crippen molar-refractivity contribution in [3.63, 3.8) is 0 Å². The van der Waals surface area contributed by atoms with Gasteiger partial charge in [0, 0.05) is 11.3 Å². The topological polar surface area (TPSA) is 48.2 Å². The minimum Gasteiger partial charge on any atom is -0.494 e. The van der Waals surface area contributed by atoms with Gasteiger partial charge in [0.05, 0.1) is 6.61 Å². The minimum atomic E-state index is 0.522. The number of nitrogens with zero attached hydrogens (tertiary/aromatic N) is 2. The van der Waals surface area contributed by atoms with E-state index in [0.29, 0.717) is 17.7 Å². The van der Waals surface area contributed by atoms with E-state index in [1.807, 2.05) is 31.2 Å². The van der Waals surface area contributed by atoms with Gasteiger partial charge in [0.25, 0.3) is 5.22 Å². The summed E-state index contributed by atoms with van der Waals surface area (Å²) in [4.78, 5) is 0. The molecule has 5 heteroatoms. The van der Waals surface area contributed by atoms with Crippen molar-refractivity contribution in [3.05, 3.63) is 72.3 Å². The summed E-state index contributed by atoms with van der Waals surface area (Å²) in [5.41, 5.74) is 2.15. The lowest BCUT2D eigenvalue weighted by Gasteiger charge is -2.04. The maximum Gasteiger partial charge on any atom is 0.277 e. The Morgan fingerprint density at radius 1 is 0.923 bits per heavy atom. The lowest BCUT2D eigenvalue weighted by atomic mass is 10.1. The number of aromatic nitrogens is 2. The van der Waals surface area contributed by atoms with Crippen LogP contribution in [0.5, 0.6) is 5.75 Å². The highest BCUT2D eigenvalue weighted by Gasteiger charge is 2.10. The minimum absolute atomic E-state index is 0.522. The maximum absolute atomic E-state index is 5.80. The van der Waals surface area contributed by atoms with Gasteiger partial charge in [-0.2, -0.15) is 0 Å². The van der Waals surface area contributed by atoms with Crippen molar-refractivity contribution in [1.82, 2.24) is 10.2 Å². The molecule has 0 saturated carbocycles. The third-order valence-electron chi connectivity index (χ3n) is 4.05. The third-order valence-corrected chi connectivity index (χ3v) is 4.92. The van der Waals surface area contributed by atoms with Crippen molar-refractivity contribution in [2.24, 2.45) is 0 Å². The van der Waals surface area contributed by atoms with E-state index in [1.165, 1.54) is 16.3 Å². The summed E-state index contributed by atoms with van der Waals surface area (Å²) in [6.45, 7) is 2.61. The smallest absolute Gasteiger partial charge is 0.277 e. The van der Waals surface area contributed by atoms with Gasteiger partial charge >= 0.3 is 0 Å². The van der Waals surface area contributed by atoms with Gasteiger partial charge < -0.3 is 9.15 Å². The Labute approximate surface area is 156 Å². The molecule has 1 aromatic heterocycles. The van der Waals surface area contributed by atoms with Crippen molar-refractivity contribution < 1.29 is 9.15 Å². The van der Waals surface area contributed by atoms with Crippen LogP contribution in [0.2, 0.25) is 0 Å². The normalized spacial score (nSPS) is 11.0. The molecule has 0 N–H and O–H groups in total. The molecular weight excluding hydrogens is 344 g/mol. The number of ether oxygens (including phenoxy) is 1. The van der Waals surface area contributed by atoms with Crippen LogP contribution in [0.1, 0.15) is 12.5 Å². The van der Waals surface area contributed by atoms with Crippen LogP contribution in [-0.2, 0) is 5.75 Å². The van der Waals surface area contributed by atoms with Crippen molar-refractivity contribution in [3.8, 4) is 17.2 Å². The summed E-state index contributed by atoms with van der Waals surface area (Å²) < 4.78 is 11.3. The van der Waals surface area contributed by atoms with Crippen LogP contribution in [-0.4, -0.2) is 16.8 Å². The van der Waals surface area contributed by atoms with Crippen molar-refractivity contribution in [1.29, 1.82) is 0 Å². The molecule has 4 rings (SSSR count). The second-order valence-corrected chi connectivity index (χ2v) is 6.68. The molecule has 0 aliphatic carbocycles. The van der Waals surface area contributed by atoms with E-state index in [2.05, 4.69) is 52.7 Å². The summed E-state index contributed by atoms with van der Waals surface area (Å²) in [5.74, 6) is 2.14. The summed E-state index contributed by atoms with van der Waals surface area (Å²) in [6, 6.07) is 22.4. The number of rotatable bonds is 6. The van der Waals surface area contributed by atoms with E-state index in [1.54, 1.807) is 11.8 Å². The highest BCUT2D eigenvalue weighted by Crippen LogP contribution is 2.29. The molecule has 0 saturated heterocycles. The van der Waals surface area contributed by atoms with Gasteiger partial charge in [-0.3, -0.25) is 0 Å². The van der Waals surface area contributed by atoms with Gasteiger partial charge in [-0.1, -0.05) is 54.2 Å². The molecule has 0 atom stereocenters. The van der Waals surface area contributed by atoms with Crippen LogP contribution in [0.25, 0.3) is 22.2 Å². The second-order valence-electron chi connectivity index (χ2n) is 5.76. The molecule has 3 aromatic carbocycles. The van der Waals surface area contributed by atoms with Crippen molar-refractivity contribution in [2.45, 2.75) is 17.9 Å². The molecule has 1 heterocycles. The Balaban J connectivity index is 1.48. The van der Waals surface area contributed by atoms with Crippen LogP contribution < -0.4 is 4.74 Å². The molecule has 0 bridgehead atoms. The fourth-order valence-corrected chi connectivity index (χ4v) is 3.57. The number of hydrogen-bond acceptors (Lipinski definition) is 5. The van der Waals surface area contributed by atoms with Crippen LogP contribution in [0.3, 0.4) is 0 Å². The summed E-state index contributed by atoms with van der Waals surface area (Å²) in [6.07, 6.45) is 0. The molecule has 0 aliphatic heterocycles. The Bertz CT molecular complexity index is 1010. The standard InChI is InChI=1S/C21H18N2O2S/c1-2-24-18-12-10-16(11-13-18)20-22-23-21(25-20)26-14-17-8-5-7-15-6-3-4-9-19(15)17/h3-13H,2,14H2,1H3. The molecular formula is C21H18N2O2S. The molecule has 0 radical (unpaired) electrons. The van der Waals surface area contributed by atoms with Crippen molar-refractivity contribution >= 4 is 22.5 Å². The Morgan fingerprint density at radius 2 is 1.73 bits per heavy atom. The van der Waals surface area contributed by atoms with Gasteiger partial charge in [-0.15, -0.1) is 10.2 Å². The monoisotopic (exact) mass is 362 g/mol. The van der Waals surface area contributed by atoms with E-state index in [9.17, 15) is 0 Å². The van der Waals surface area contributed by atoms with Crippen molar-refractivity contribution in [2.75, 3.05) is 6.61 Å². The maximum atomic E-state index is 5.80. The molecule has 4 nitrogen and oxygen atoms in total. The third kappa shape index (κ3) is 3.58. The number of thioether (sulfide) groups is 1. The Hall–Kier alpha value is -2.79. The van der Waals surface area contributed by atoms with Gasteiger partial charge in [-0.25, -0.2) is 0 Å². The predicted molar refractivity (Wildman–Crippen MR) is 104 cm³/mol. The zero-order chi connectivity index (χ0) is 17.8. The molecule has 4 aromatic rings. The quantitative estimate of drug-likeness (QED) is 0.419. The second kappa shape index (κ2) is 7.62. The summed E-state index contributed by atoms with van der Waals surface area (Å²) in [7, 11) is 0. The zero-order valence-corrected chi connectivity index (χ0v) is 15.2. The average molecular weight is 362 g/mol. The molecule has 0 aliphatic rings. The fourth-order valence-electron chi connectivity index (χ4n) is 2.80. The first kappa shape index (κ1) is 16.7. The average Bonchev–Trinajstić information content (AvgIpc) is 3.16. The van der Waals surface area contributed by atoms with Gasteiger partial charge in [0.1, 0.15) is 5.75 Å². The lowest BCUT2D eigenvalue weighted by molar-refractivity contribution is 0.340. The fraction of sp³-hybridized carbons (Fsp3) is 0.143. The lowest BCUT2D eigenvalue weighted by Crippen LogP contribution is -1.90. The van der Waals surface area contributed by atoms with Gasteiger partial charge in [0.2, 0.25) is 5.89 Å². The van der Waals surface area contributed by atoms with Gasteiger partial charge in [0.15, 0.2) is 0 Å². The van der Waals surface area contributed by atoms with E-state index in [0.717, 1.165) is 17.1 Å². The van der Waals surface area contributed by atoms with Gasteiger partial charge in [-0.05, 0) is 47.5 Å². The van der Waals surface area contributed by atoms with E-state index in [4.69, 9.17) is 9.15 Å². The van der Waals surface area contributed by atoms with Crippen LogP contribution >= 0.6 is 11.8 Å². The molecule has 0 unspecified atom stereocenters. The van der Waals surface area contributed by atoms with Crippen LogP contribution in [0.4, 0.5) is 0 Å². The Kier molecular flexibility index (Phi) is 4.88. The first-order valence-electron chi connectivity index (χ1n) is 8.49. The zero-order valence-electron chi connectivity index (χ0n) is 14.4. The first-order chi connectivity index (χ1) is 12.8. The van der Waals surface area contributed by atoms with E-state index >= 15 is 0 Å². The Morgan fingerprint density at radius 3 is 2.58 bits per heavy atom. The molecule has 0 amide bonds. The van der Waals surface area contributed by atoms with E-state index in [-0.39, 0.29) is 0 Å². The van der Waals surface area contributed by atoms with Crippen LogP contribution in [0, 0.1) is 0 Å². The highest BCUT2D eigenvalue weighted by molar-refractivity contribution is 7.98. The highest BCUT2D eigenvalue weighted by atomic mass is 32.2. The number of benzene rings is 3. The molecule has 130 valence electrons. The first-order valence-corrected chi connectivity index (χ1v) is 9.48. The molecule has 26 heavy (non-hydrogen) atoms. The summed E-state index contributed by atoms with van der Waals surface area (Å²) in [5, 5.41) is 11.4. The largest absolute Gasteiger partial charge is 0.494 e. The van der Waals surface area contributed by atoms with E-state index < -0.39 is 0 Å². The number of fused-ring (bicyclic) bond motifs is 1. The van der Waals surface area contributed by atoms with Crippen LogP contribution in [0.15, 0.2) is 76.4 Å². The summed E-state index contributed by atoms with van der Waals surface area (Å²) >= 11 is 1.55. The SMILES string of the molecule is CCOc1ccc(-c2nnc(SCc3cccc4ccccc34)o2)cc1. The predicted octanol–water partition coefficient (Wildman–Crippen LogP) is 5.58.